The van der Waals surface area contributed by atoms with E-state index in [0.717, 1.165) is 15.2 Å². The van der Waals surface area contributed by atoms with E-state index >= 15 is 0 Å². The maximum Gasteiger partial charge on any atom is 0.261 e. The summed E-state index contributed by atoms with van der Waals surface area (Å²) in [5, 5.41) is 2.54. The third-order valence-corrected chi connectivity index (χ3v) is 3.78. The third kappa shape index (κ3) is 2.98. The lowest BCUT2D eigenvalue weighted by Gasteiger charge is -2.10. The number of halogens is 3. The molecule has 0 aliphatic carbocycles. The van der Waals surface area contributed by atoms with Crippen LogP contribution in [0.3, 0.4) is 0 Å². The zero-order valence-corrected chi connectivity index (χ0v) is 13.1. The number of anilines is 1. The summed E-state index contributed by atoms with van der Waals surface area (Å²) >= 11 is 2.06. The molecule has 5 heteroatoms. The summed E-state index contributed by atoms with van der Waals surface area (Å²) in [5.74, 6) is -2.48. The fraction of sp³-hybridized carbons (Fsp3) is 0.133. The molecule has 2 aromatic rings. The maximum atomic E-state index is 13.9. The molecule has 0 saturated heterocycles. The van der Waals surface area contributed by atoms with Crippen molar-refractivity contribution in [2.75, 3.05) is 5.32 Å². The molecule has 0 atom stereocenters. The average molecular weight is 387 g/mol. The minimum atomic E-state index is -0.868. The zero-order valence-electron chi connectivity index (χ0n) is 10.9. The Morgan fingerprint density at radius 2 is 1.85 bits per heavy atom. The number of benzene rings is 2. The quantitative estimate of drug-likeness (QED) is 0.759. The van der Waals surface area contributed by atoms with Gasteiger partial charge in [0.15, 0.2) is 0 Å². The number of hydrogen-bond donors (Lipinski definition) is 1. The second kappa shape index (κ2) is 5.87. The van der Waals surface area contributed by atoms with Gasteiger partial charge in [-0.25, -0.2) is 8.78 Å². The number of nitrogens with one attached hydrogen (secondary N) is 1. The second-order valence-corrected chi connectivity index (χ2v) is 5.65. The fourth-order valence-corrected chi connectivity index (χ4v) is 2.58. The minimum absolute atomic E-state index is 0.232. The molecule has 0 aliphatic heterocycles. The van der Waals surface area contributed by atoms with E-state index in [1.165, 1.54) is 13.0 Å². The van der Waals surface area contributed by atoms with Crippen LogP contribution in [-0.2, 0) is 0 Å². The van der Waals surface area contributed by atoms with E-state index in [9.17, 15) is 13.6 Å². The van der Waals surface area contributed by atoms with Crippen molar-refractivity contribution in [2.45, 2.75) is 13.8 Å². The van der Waals surface area contributed by atoms with Gasteiger partial charge in [-0.05, 0) is 65.8 Å². The lowest BCUT2D eigenvalue weighted by atomic mass is 10.1. The molecular formula is C15H12F2INO. The van der Waals surface area contributed by atoms with Gasteiger partial charge in [-0.1, -0.05) is 12.1 Å². The first-order valence-corrected chi connectivity index (χ1v) is 7.00. The Morgan fingerprint density at radius 3 is 2.50 bits per heavy atom. The molecule has 0 radical (unpaired) electrons. The first-order chi connectivity index (χ1) is 9.40. The van der Waals surface area contributed by atoms with Gasteiger partial charge in [0.2, 0.25) is 0 Å². The van der Waals surface area contributed by atoms with Gasteiger partial charge < -0.3 is 5.32 Å². The highest BCUT2D eigenvalue weighted by molar-refractivity contribution is 14.1. The molecule has 1 amide bonds. The number of rotatable bonds is 2. The Bertz CT molecular complexity index is 686. The standard InChI is InChI=1S/C15H12F2INO/c1-8-3-6-12(11(18)7-8)19-15(20)13-10(16)5-4-9(2)14(13)17/h3-7H,1-2H3,(H,19,20). The van der Waals surface area contributed by atoms with Gasteiger partial charge in [-0.2, -0.15) is 0 Å². The van der Waals surface area contributed by atoms with Crippen molar-refractivity contribution in [1.82, 2.24) is 0 Å². The van der Waals surface area contributed by atoms with Gasteiger partial charge in [0, 0.05) is 3.57 Å². The van der Waals surface area contributed by atoms with Crippen LogP contribution in [0.5, 0.6) is 0 Å². The van der Waals surface area contributed by atoms with Gasteiger partial charge in [0.1, 0.15) is 17.2 Å². The summed E-state index contributed by atoms with van der Waals surface area (Å²) in [7, 11) is 0. The van der Waals surface area contributed by atoms with Crippen LogP contribution in [0, 0.1) is 29.1 Å². The predicted octanol–water partition coefficient (Wildman–Crippen LogP) is 4.44. The molecule has 0 aromatic heterocycles. The van der Waals surface area contributed by atoms with Crippen molar-refractivity contribution < 1.29 is 13.6 Å². The van der Waals surface area contributed by atoms with Crippen molar-refractivity contribution >= 4 is 34.2 Å². The molecule has 20 heavy (non-hydrogen) atoms. The summed E-state index contributed by atoms with van der Waals surface area (Å²) < 4.78 is 28.3. The molecule has 1 N–H and O–H groups in total. The second-order valence-electron chi connectivity index (χ2n) is 4.49. The van der Waals surface area contributed by atoms with Gasteiger partial charge in [0.25, 0.3) is 5.91 Å². The van der Waals surface area contributed by atoms with Crippen LogP contribution < -0.4 is 5.32 Å². The summed E-state index contributed by atoms with van der Waals surface area (Å²) in [4.78, 5) is 12.1. The number of carbonyl (C=O) groups is 1. The van der Waals surface area contributed by atoms with E-state index in [1.54, 1.807) is 6.07 Å². The zero-order chi connectivity index (χ0) is 14.9. The Kier molecular flexibility index (Phi) is 4.37. The summed E-state index contributed by atoms with van der Waals surface area (Å²) in [6, 6.07) is 7.80. The smallest absolute Gasteiger partial charge is 0.261 e. The molecule has 0 heterocycles. The predicted molar refractivity (Wildman–Crippen MR) is 82.9 cm³/mol. The molecule has 0 unspecified atom stereocenters. The van der Waals surface area contributed by atoms with Crippen molar-refractivity contribution in [3.05, 3.63) is 62.2 Å². The van der Waals surface area contributed by atoms with Crippen LogP contribution in [-0.4, -0.2) is 5.91 Å². The van der Waals surface area contributed by atoms with Gasteiger partial charge >= 0.3 is 0 Å². The van der Waals surface area contributed by atoms with Crippen LogP contribution in [0.4, 0.5) is 14.5 Å². The fourth-order valence-electron chi connectivity index (χ4n) is 1.77. The average Bonchev–Trinajstić information content (AvgIpc) is 2.38. The molecule has 104 valence electrons. The summed E-state index contributed by atoms with van der Waals surface area (Å²) in [6.07, 6.45) is 0. The molecule has 0 saturated carbocycles. The van der Waals surface area contributed by atoms with Crippen LogP contribution in [0.1, 0.15) is 21.5 Å². The minimum Gasteiger partial charge on any atom is -0.321 e. The topological polar surface area (TPSA) is 29.1 Å². The monoisotopic (exact) mass is 387 g/mol. The first kappa shape index (κ1) is 14.9. The summed E-state index contributed by atoms with van der Waals surface area (Å²) in [6.45, 7) is 3.41. The van der Waals surface area contributed by atoms with Gasteiger partial charge in [-0.15, -0.1) is 0 Å². The Morgan fingerprint density at radius 1 is 1.15 bits per heavy atom. The molecule has 0 aliphatic rings. The SMILES string of the molecule is Cc1ccc(NC(=O)c2c(F)ccc(C)c2F)c(I)c1. The highest BCUT2D eigenvalue weighted by atomic mass is 127. The van der Waals surface area contributed by atoms with E-state index in [0.29, 0.717) is 5.69 Å². The lowest BCUT2D eigenvalue weighted by molar-refractivity contribution is 0.101. The molecule has 0 spiro atoms. The lowest BCUT2D eigenvalue weighted by Crippen LogP contribution is -2.17. The number of carbonyl (C=O) groups excluding carboxylic acids is 1. The van der Waals surface area contributed by atoms with Crippen molar-refractivity contribution in [2.24, 2.45) is 0 Å². The molecule has 2 aromatic carbocycles. The Hall–Kier alpha value is -1.50. The molecule has 0 bridgehead atoms. The van der Waals surface area contributed by atoms with Crippen molar-refractivity contribution in [3.8, 4) is 0 Å². The van der Waals surface area contributed by atoms with E-state index in [-0.39, 0.29) is 5.56 Å². The third-order valence-electron chi connectivity index (χ3n) is 2.88. The highest BCUT2D eigenvalue weighted by Crippen LogP contribution is 2.22. The van der Waals surface area contributed by atoms with Crippen LogP contribution in [0.25, 0.3) is 0 Å². The number of amides is 1. The van der Waals surface area contributed by atoms with Crippen molar-refractivity contribution in [3.63, 3.8) is 0 Å². The van der Waals surface area contributed by atoms with Crippen molar-refractivity contribution in [1.29, 1.82) is 0 Å². The van der Waals surface area contributed by atoms with E-state index in [4.69, 9.17) is 0 Å². The number of hydrogen-bond acceptors (Lipinski definition) is 1. The maximum absolute atomic E-state index is 13.9. The van der Waals surface area contributed by atoms with Gasteiger partial charge in [0.05, 0.1) is 5.69 Å². The molecule has 2 nitrogen and oxygen atoms in total. The Labute approximate surface area is 129 Å². The number of aryl methyl sites for hydroxylation is 2. The largest absolute Gasteiger partial charge is 0.321 e. The normalized spacial score (nSPS) is 10.4. The summed E-state index contributed by atoms with van der Waals surface area (Å²) in [5.41, 5.74) is 1.25. The van der Waals surface area contributed by atoms with E-state index in [2.05, 4.69) is 27.9 Å². The van der Waals surface area contributed by atoms with E-state index in [1.807, 2.05) is 19.1 Å². The van der Waals surface area contributed by atoms with Crippen LogP contribution in [0.15, 0.2) is 30.3 Å². The molecular weight excluding hydrogens is 375 g/mol. The van der Waals surface area contributed by atoms with Crippen LogP contribution >= 0.6 is 22.6 Å². The molecule has 2 rings (SSSR count). The molecule has 0 fully saturated rings. The first-order valence-electron chi connectivity index (χ1n) is 5.92. The van der Waals surface area contributed by atoms with Gasteiger partial charge in [-0.3, -0.25) is 4.79 Å². The Balaban J connectivity index is 2.36. The van der Waals surface area contributed by atoms with E-state index < -0.39 is 23.1 Å². The van der Waals surface area contributed by atoms with Crippen LogP contribution in [0.2, 0.25) is 0 Å². The highest BCUT2D eigenvalue weighted by Gasteiger charge is 2.19.